The van der Waals surface area contributed by atoms with Gasteiger partial charge in [0.2, 0.25) is 11.7 Å². The lowest BCUT2D eigenvalue weighted by atomic mass is 10.3. The molecule has 0 bridgehead atoms. The van der Waals surface area contributed by atoms with Crippen molar-refractivity contribution >= 4 is 11.8 Å². The van der Waals surface area contributed by atoms with Gasteiger partial charge in [-0.05, 0) is 6.92 Å². The summed E-state index contributed by atoms with van der Waals surface area (Å²) in [4.78, 5) is 25.7. The molecule has 2 amide bonds. The van der Waals surface area contributed by atoms with Crippen molar-refractivity contribution in [1.29, 1.82) is 0 Å². The summed E-state index contributed by atoms with van der Waals surface area (Å²) in [5, 5.41) is 5.15. The molecule has 0 unspecified atom stereocenters. The molecule has 6 heteroatoms. The van der Waals surface area contributed by atoms with Gasteiger partial charge in [-0.25, -0.2) is 4.98 Å². The van der Waals surface area contributed by atoms with Crippen LogP contribution in [-0.2, 0) is 4.79 Å². The van der Waals surface area contributed by atoms with Crippen LogP contribution in [0.5, 0.6) is 0 Å². The molecule has 0 aromatic carbocycles. The number of nitrogens with zero attached hydrogens (tertiary/aromatic N) is 1. The second-order valence-electron chi connectivity index (χ2n) is 3.01. The topological polar surface area (TPSA) is 84.2 Å². The van der Waals surface area contributed by atoms with Crippen LogP contribution in [0.3, 0.4) is 0 Å². The van der Waals surface area contributed by atoms with Gasteiger partial charge in [0, 0.05) is 20.0 Å². The Morgan fingerprint density at radius 3 is 2.60 bits per heavy atom. The number of nitrogens with one attached hydrogen (secondary N) is 2. The predicted octanol–water partition coefficient (Wildman–Crippen LogP) is -0.151. The minimum Gasteiger partial charge on any atom is -0.438 e. The summed E-state index contributed by atoms with van der Waals surface area (Å²) in [6.07, 6.45) is 1.22. The number of hydrogen-bond donors (Lipinski definition) is 2. The number of aromatic nitrogens is 1. The molecular weight excluding hydrogens is 198 g/mol. The first kappa shape index (κ1) is 11.2. The van der Waals surface area contributed by atoms with Gasteiger partial charge in [0.15, 0.2) is 6.39 Å². The molecular formula is C9H13N3O3. The first-order valence-electron chi connectivity index (χ1n) is 4.54. The molecule has 82 valence electrons. The largest absolute Gasteiger partial charge is 0.438 e. The molecule has 0 radical (unpaired) electrons. The van der Waals surface area contributed by atoms with Crippen LogP contribution in [0.1, 0.15) is 23.2 Å². The quantitative estimate of drug-likeness (QED) is 0.678. The van der Waals surface area contributed by atoms with Gasteiger partial charge in [-0.3, -0.25) is 9.59 Å². The van der Waals surface area contributed by atoms with Gasteiger partial charge >= 0.3 is 0 Å². The van der Waals surface area contributed by atoms with E-state index in [1.54, 1.807) is 6.92 Å². The molecule has 0 atom stereocenters. The maximum absolute atomic E-state index is 11.4. The van der Waals surface area contributed by atoms with Crippen molar-refractivity contribution in [2.45, 2.75) is 13.8 Å². The fourth-order valence-corrected chi connectivity index (χ4v) is 1.01. The molecule has 2 N–H and O–H groups in total. The fourth-order valence-electron chi connectivity index (χ4n) is 1.01. The standard InChI is InChI=1S/C9H13N3O3/c1-6-8(15-5-12-6)9(14)11-4-3-10-7(2)13/h5H,3-4H2,1-2H3,(H,10,13)(H,11,14). The van der Waals surface area contributed by atoms with Crippen molar-refractivity contribution in [3.8, 4) is 0 Å². The molecule has 6 nitrogen and oxygen atoms in total. The Bertz CT molecular complexity index is 359. The van der Waals surface area contributed by atoms with Crippen molar-refractivity contribution in [3.05, 3.63) is 17.8 Å². The molecule has 0 aliphatic heterocycles. The highest BCUT2D eigenvalue weighted by atomic mass is 16.3. The van der Waals surface area contributed by atoms with Crippen LogP contribution in [0.4, 0.5) is 0 Å². The third kappa shape index (κ3) is 3.41. The van der Waals surface area contributed by atoms with Gasteiger partial charge in [0.1, 0.15) is 0 Å². The molecule has 0 aliphatic carbocycles. The van der Waals surface area contributed by atoms with E-state index in [0.717, 1.165) is 0 Å². The summed E-state index contributed by atoms with van der Waals surface area (Å²) in [6, 6.07) is 0. The Kier molecular flexibility index (Phi) is 3.84. The van der Waals surface area contributed by atoms with E-state index in [1.807, 2.05) is 0 Å². The van der Waals surface area contributed by atoms with Crippen LogP contribution in [0.25, 0.3) is 0 Å². The Hall–Kier alpha value is -1.85. The van der Waals surface area contributed by atoms with Crippen LogP contribution in [0.2, 0.25) is 0 Å². The number of carbonyl (C=O) groups excluding carboxylic acids is 2. The maximum Gasteiger partial charge on any atom is 0.289 e. The summed E-state index contributed by atoms with van der Waals surface area (Å²) in [6.45, 7) is 3.86. The third-order valence-electron chi connectivity index (χ3n) is 1.74. The summed E-state index contributed by atoms with van der Waals surface area (Å²) in [5.74, 6) is -0.242. The van der Waals surface area contributed by atoms with Crippen molar-refractivity contribution < 1.29 is 14.0 Å². The Balaban J connectivity index is 2.31. The first-order valence-corrected chi connectivity index (χ1v) is 4.54. The number of oxazole rings is 1. The Labute approximate surface area is 87.1 Å². The smallest absolute Gasteiger partial charge is 0.289 e. The number of hydrogen-bond acceptors (Lipinski definition) is 4. The molecule has 0 saturated heterocycles. The number of amides is 2. The lowest BCUT2D eigenvalue weighted by Crippen LogP contribution is -2.33. The highest BCUT2D eigenvalue weighted by Crippen LogP contribution is 2.03. The van der Waals surface area contributed by atoms with Crippen LogP contribution in [-0.4, -0.2) is 29.9 Å². The molecule has 1 aromatic rings. The minimum atomic E-state index is -0.324. The van der Waals surface area contributed by atoms with Crippen molar-refractivity contribution in [1.82, 2.24) is 15.6 Å². The van der Waals surface area contributed by atoms with Gasteiger partial charge in [0.25, 0.3) is 5.91 Å². The van der Waals surface area contributed by atoms with Crippen molar-refractivity contribution in [3.63, 3.8) is 0 Å². The zero-order chi connectivity index (χ0) is 11.3. The van der Waals surface area contributed by atoms with E-state index in [9.17, 15) is 9.59 Å². The van der Waals surface area contributed by atoms with Crippen molar-refractivity contribution in [2.75, 3.05) is 13.1 Å². The lowest BCUT2D eigenvalue weighted by molar-refractivity contribution is -0.118. The van der Waals surface area contributed by atoms with E-state index in [4.69, 9.17) is 4.42 Å². The third-order valence-corrected chi connectivity index (χ3v) is 1.74. The van der Waals surface area contributed by atoms with E-state index in [2.05, 4.69) is 15.6 Å². The van der Waals surface area contributed by atoms with Crippen LogP contribution >= 0.6 is 0 Å². The summed E-state index contributed by atoms with van der Waals surface area (Å²) >= 11 is 0. The second-order valence-corrected chi connectivity index (χ2v) is 3.01. The average molecular weight is 211 g/mol. The SMILES string of the molecule is CC(=O)NCCNC(=O)c1ocnc1C. The van der Waals surface area contributed by atoms with E-state index in [-0.39, 0.29) is 17.6 Å². The minimum absolute atomic E-state index is 0.125. The van der Waals surface area contributed by atoms with E-state index >= 15 is 0 Å². The van der Waals surface area contributed by atoms with Gasteiger partial charge in [-0.15, -0.1) is 0 Å². The van der Waals surface area contributed by atoms with E-state index in [1.165, 1.54) is 13.3 Å². The average Bonchev–Trinajstić information content (AvgIpc) is 2.58. The lowest BCUT2D eigenvalue weighted by Gasteiger charge is -2.03. The number of aryl methyl sites for hydroxylation is 1. The molecule has 1 aromatic heterocycles. The van der Waals surface area contributed by atoms with Crippen molar-refractivity contribution in [2.24, 2.45) is 0 Å². The Morgan fingerprint density at radius 1 is 1.40 bits per heavy atom. The molecule has 0 saturated carbocycles. The molecule has 1 heterocycles. The highest BCUT2D eigenvalue weighted by molar-refractivity contribution is 5.92. The van der Waals surface area contributed by atoms with E-state index in [0.29, 0.717) is 18.8 Å². The normalized spacial score (nSPS) is 9.73. The number of carbonyl (C=O) groups is 2. The number of rotatable bonds is 4. The van der Waals surface area contributed by atoms with Gasteiger partial charge in [-0.2, -0.15) is 0 Å². The zero-order valence-electron chi connectivity index (χ0n) is 8.66. The summed E-state index contributed by atoms with van der Waals surface area (Å²) in [5.41, 5.74) is 0.548. The summed E-state index contributed by atoms with van der Waals surface area (Å²) in [7, 11) is 0. The Morgan fingerprint density at radius 2 is 2.07 bits per heavy atom. The fraction of sp³-hybridized carbons (Fsp3) is 0.444. The highest BCUT2D eigenvalue weighted by Gasteiger charge is 2.12. The summed E-state index contributed by atoms with van der Waals surface area (Å²) < 4.78 is 4.89. The molecule has 0 aliphatic rings. The van der Waals surface area contributed by atoms with Crippen LogP contribution < -0.4 is 10.6 Å². The predicted molar refractivity (Wildman–Crippen MR) is 52.3 cm³/mol. The molecule has 15 heavy (non-hydrogen) atoms. The molecule has 0 fully saturated rings. The molecule has 0 spiro atoms. The zero-order valence-corrected chi connectivity index (χ0v) is 8.66. The molecule has 1 rings (SSSR count). The van der Waals surface area contributed by atoms with Crippen LogP contribution in [0, 0.1) is 6.92 Å². The maximum atomic E-state index is 11.4. The monoisotopic (exact) mass is 211 g/mol. The van der Waals surface area contributed by atoms with Gasteiger partial charge < -0.3 is 15.1 Å². The second kappa shape index (κ2) is 5.14. The van der Waals surface area contributed by atoms with Gasteiger partial charge in [0.05, 0.1) is 5.69 Å². The van der Waals surface area contributed by atoms with Crippen LogP contribution in [0.15, 0.2) is 10.8 Å². The van der Waals surface area contributed by atoms with Gasteiger partial charge in [-0.1, -0.05) is 0 Å². The van der Waals surface area contributed by atoms with E-state index < -0.39 is 0 Å². The first-order chi connectivity index (χ1) is 7.11.